The zero-order chi connectivity index (χ0) is 9.84. The maximum Gasteiger partial charge on any atom is 0.237 e. The first-order chi connectivity index (χ1) is 6.09. The lowest BCUT2D eigenvalue weighted by atomic mass is 10.3. The van der Waals surface area contributed by atoms with Crippen molar-refractivity contribution in [1.82, 2.24) is 4.98 Å². The van der Waals surface area contributed by atoms with Crippen LogP contribution in [0, 0.1) is 6.92 Å². The lowest BCUT2D eigenvalue weighted by Crippen LogP contribution is -2.19. The van der Waals surface area contributed by atoms with Gasteiger partial charge in [0.1, 0.15) is 0 Å². The summed E-state index contributed by atoms with van der Waals surface area (Å²) in [5.74, 6) is -0.0626. The fraction of sp³-hybridized carbons (Fsp3) is 0.333. The molecule has 1 aromatic rings. The van der Waals surface area contributed by atoms with Crippen LogP contribution in [0.3, 0.4) is 0 Å². The summed E-state index contributed by atoms with van der Waals surface area (Å²) in [7, 11) is 0. The molecule has 0 aliphatic heterocycles. The molecule has 0 radical (unpaired) electrons. The molecule has 0 spiro atoms. The van der Waals surface area contributed by atoms with Crippen molar-refractivity contribution in [3.63, 3.8) is 0 Å². The largest absolute Gasteiger partial charge is 0.324 e. The number of nitrogens with zero attached hydrogens (tertiary/aromatic N) is 1. The highest BCUT2D eigenvalue weighted by Gasteiger charge is 2.08. The standard InChI is InChI=1S/C9H11BrN2O/c1-6-3-8(5-11-4-6)12-9(13)7(2)10/h3-5,7H,1-2H3,(H,12,13). The van der Waals surface area contributed by atoms with Crippen molar-refractivity contribution in [2.45, 2.75) is 18.7 Å². The molecule has 3 nitrogen and oxygen atoms in total. The highest BCUT2D eigenvalue weighted by atomic mass is 79.9. The summed E-state index contributed by atoms with van der Waals surface area (Å²) < 4.78 is 0. The SMILES string of the molecule is Cc1cncc(NC(=O)C(C)Br)c1. The average molecular weight is 243 g/mol. The molecular formula is C9H11BrN2O. The van der Waals surface area contributed by atoms with Crippen molar-refractivity contribution in [3.8, 4) is 0 Å². The molecule has 70 valence electrons. The molecule has 4 heteroatoms. The molecule has 1 atom stereocenters. The van der Waals surface area contributed by atoms with E-state index in [-0.39, 0.29) is 10.7 Å². The number of halogens is 1. The number of anilines is 1. The summed E-state index contributed by atoms with van der Waals surface area (Å²) in [5, 5.41) is 2.73. The second kappa shape index (κ2) is 4.37. The molecule has 1 unspecified atom stereocenters. The molecule has 1 amide bonds. The van der Waals surface area contributed by atoms with Gasteiger partial charge < -0.3 is 5.32 Å². The van der Waals surface area contributed by atoms with Crippen LogP contribution in [0.5, 0.6) is 0 Å². The molecule has 0 bridgehead atoms. The Morgan fingerprint density at radius 3 is 2.85 bits per heavy atom. The minimum atomic E-state index is -0.187. The lowest BCUT2D eigenvalue weighted by molar-refractivity contribution is -0.115. The predicted octanol–water partition coefficient (Wildman–Crippen LogP) is 2.11. The van der Waals surface area contributed by atoms with Crippen LogP contribution in [0.15, 0.2) is 18.5 Å². The molecule has 1 N–H and O–H groups in total. The highest BCUT2D eigenvalue weighted by Crippen LogP contribution is 2.09. The fourth-order valence-corrected chi connectivity index (χ4v) is 0.979. The molecule has 0 saturated heterocycles. The Morgan fingerprint density at radius 2 is 2.31 bits per heavy atom. The van der Waals surface area contributed by atoms with E-state index in [1.54, 1.807) is 19.3 Å². The van der Waals surface area contributed by atoms with Gasteiger partial charge in [0, 0.05) is 6.20 Å². The molecular weight excluding hydrogens is 232 g/mol. The van der Waals surface area contributed by atoms with Crippen LogP contribution in [-0.2, 0) is 4.79 Å². The Labute approximate surface area is 85.7 Å². The minimum Gasteiger partial charge on any atom is -0.324 e. The van der Waals surface area contributed by atoms with Crippen molar-refractivity contribution in [3.05, 3.63) is 24.0 Å². The fourth-order valence-electron chi connectivity index (χ4n) is 0.865. The molecule has 1 heterocycles. The summed E-state index contributed by atoms with van der Waals surface area (Å²) in [6.45, 7) is 3.71. The first kappa shape index (κ1) is 10.2. The lowest BCUT2D eigenvalue weighted by Gasteiger charge is -2.06. The van der Waals surface area contributed by atoms with Gasteiger partial charge in [-0.3, -0.25) is 9.78 Å². The number of pyridine rings is 1. The Kier molecular flexibility index (Phi) is 3.42. The van der Waals surface area contributed by atoms with Crippen LogP contribution in [-0.4, -0.2) is 15.7 Å². The van der Waals surface area contributed by atoms with E-state index in [1.807, 2.05) is 13.0 Å². The first-order valence-corrected chi connectivity index (χ1v) is 4.88. The third kappa shape index (κ3) is 3.14. The Hall–Kier alpha value is -0.900. The van der Waals surface area contributed by atoms with E-state index < -0.39 is 0 Å². The van der Waals surface area contributed by atoms with Crippen LogP contribution in [0.2, 0.25) is 0 Å². The van der Waals surface area contributed by atoms with Gasteiger partial charge in [-0.2, -0.15) is 0 Å². The number of hydrogen-bond donors (Lipinski definition) is 1. The third-order valence-electron chi connectivity index (χ3n) is 1.50. The summed E-state index contributed by atoms with van der Waals surface area (Å²) >= 11 is 3.18. The number of alkyl halides is 1. The highest BCUT2D eigenvalue weighted by molar-refractivity contribution is 9.10. The number of carbonyl (C=O) groups excluding carboxylic acids is 1. The minimum absolute atomic E-state index is 0.0626. The van der Waals surface area contributed by atoms with Gasteiger partial charge in [-0.15, -0.1) is 0 Å². The average Bonchev–Trinajstić information content (AvgIpc) is 2.04. The van der Waals surface area contributed by atoms with Crippen molar-refractivity contribution in [1.29, 1.82) is 0 Å². The van der Waals surface area contributed by atoms with Crippen molar-refractivity contribution < 1.29 is 4.79 Å². The molecule has 1 rings (SSSR count). The summed E-state index contributed by atoms with van der Waals surface area (Å²) in [5.41, 5.74) is 1.76. The van der Waals surface area contributed by atoms with Gasteiger partial charge in [0.05, 0.1) is 16.7 Å². The van der Waals surface area contributed by atoms with Gasteiger partial charge in [0.15, 0.2) is 0 Å². The summed E-state index contributed by atoms with van der Waals surface area (Å²) in [6.07, 6.45) is 3.37. The predicted molar refractivity (Wildman–Crippen MR) is 56.0 cm³/mol. The van der Waals surface area contributed by atoms with E-state index in [4.69, 9.17) is 0 Å². The van der Waals surface area contributed by atoms with Crippen molar-refractivity contribution in [2.75, 3.05) is 5.32 Å². The molecule has 0 aliphatic carbocycles. The van der Waals surface area contributed by atoms with Gasteiger partial charge in [0.25, 0.3) is 0 Å². The molecule has 1 aromatic heterocycles. The van der Waals surface area contributed by atoms with Gasteiger partial charge in [-0.1, -0.05) is 15.9 Å². The van der Waals surface area contributed by atoms with Crippen LogP contribution in [0.25, 0.3) is 0 Å². The van der Waals surface area contributed by atoms with Crippen LogP contribution < -0.4 is 5.32 Å². The Balaban J connectivity index is 2.69. The van der Waals surface area contributed by atoms with E-state index in [2.05, 4.69) is 26.2 Å². The quantitative estimate of drug-likeness (QED) is 0.808. The molecule has 0 saturated carbocycles. The van der Waals surface area contributed by atoms with Crippen LogP contribution in [0.1, 0.15) is 12.5 Å². The van der Waals surface area contributed by atoms with E-state index in [9.17, 15) is 4.79 Å². The summed E-state index contributed by atoms with van der Waals surface area (Å²) in [6, 6.07) is 1.88. The second-order valence-electron chi connectivity index (χ2n) is 2.86. The molecule has 0 fully saturated rings. The first-order valence-electron chi connectivity index (χ1n) is 3.96. The maximum atomic E-state index is 11.2. The van der Waals surface area contributed by atoms with E-state index in [1.165, 1.54) is 0 Å². The number of rotatable bonds is 2. The molecule has 13 heavy (non-hydrogen) atoms. The summed E-state index contributed by atoms with van der Waals surface area (Å²) in [4.78, 5) is 15.0. The zero-order valence-electron chi connectivity index (χ0n) is 7.54. The van der Waals surface area contributed by atoms with Crippen LogP contribution in [0.4, 0.5) is 5.69 Å². The molecule has 0 aromatic carbocycles. The Morgan fingerprint density at radius 1 is 1.62 bits per heavy atom. The normalized spacial score (nSPS) is 12.2. The van der Waals surface area contributed by atoms with Gasteiger partial charge >= 0.3 is 0 Å². The van der Waals surface area contributed by atoms with Crippen molar-refractivity contribution >= 4 is 27.5 Å². The van der Waals surface area contributed by atoms with Gasteiger partial charge in [0.2, 0.25) is 5.91 Å². The third-order valence-corrected chi connectivity index (χ3v) is 1.92. The topological polar surface area (TPSA) is 42.0 Å². The molecule has 0 aliphatic rings. The monoisotopic (exact) mass is 242 g/mol. The number of nitrogens with one attached hydrogen (secondary N) is 1. The van der Waals surface area contributed by atoms with Crippen LogP contribution >= 0.6 is 15.9 Å². The number of hydrogen-bond acceptors (Lipinski definition) is 2. The van der Waals surface area contributed by atoms with Gasteiger partial charge in [-0.05, 0) is 25.5 Å². The van der Waals surface area contributed by atoms with E-state index in [0.717, 1.165) is 11.3 Å². The number of aromatic nitrogens is 1. The maximum absolute atomic E-state index is 11.2. The number of carbonyl (C=O) groups is 1. The second-order valence-corrected chi connectivity index (χ2v) is 4.23. The smallest absolute Gasteiger partial charge is 0.237 e. The number of amides is 1. The number of aryl methyl sites for hydroxylation is 1. The van der Waals surface area contributed by atoms with Crippen molar-refractivity contribution in [2.24, 2.45) is 0 Å². The van der Waals surface area contributed by atoms with E-state index in [0.29, 0.717) is 0 Å². The zero-order valence-corrected chi connectivity index (χ0v) is 9.13. The van der Waals surface area contributed by atoms with Gasteiger partial charge in [-0.25, -0.2) is 0 Å². The Bertz CT molecular complexity index is 312. The van der Waals surface area contributed by atoms with E-state index >= 15 is 0 Å².